The Kier molecular flexibility index (Phi) is 3.74. The number of benzene rings is 1. The van der Waals surface area contributed by atoms with Crippen LogP contribution in [0, 0.1) is 5.92 Å². The van der Waals surface area contributed by atoms with Crippen molar-refractivity contribution in [3.63, 3.8) is 0 Å². The van der Waals surface area contributed by atoms with Crippen LogP contribution in [-0.4, -0.2) is 38.6 Å². The molecule has 0 radical (unpaired) electrons. The lowest BCUT2D eigenvalue weighted by molar-refractivity contribution is 0.351. The largest absolute Gasteiger partial charge is 0.363 e. The highest BCUT2D eigenvalue weighted by molar-refractivity contribution is 7.91. The molecule has 116 valence electrons. The van der Waals surface area contributed by atoms with Crippen LogP contribution in [0.25, 0.3) is 0 Å². The molecule has 3 rings (SSSR count). The van der Waals surface area contributed by atoms with E-state index in [4.69, 9.17) is 5.73 Å². The monoisotopic (exact) mass is 308 g/mol. The Hall–Kier alpha value is -1.07. The second kappa shape index (κ2) is 5.29. The maximum atomic E-state index is 12.2. The molecule has 2 N–H and O–H groups in total. The van der Waals surface area contributed by atoms with Crippen LogP contribution in [0.4, 0.5) is 5.69 Å². The van der Waals surface area contributed by atoms with Crippen LogP contribution in [0.15, 0.2) is 24.3 Å². The summed E-state index contributed by atoms with van der Waals surface area (Å²) >= 11 is 0. The van der Waals surface area contributed by atoms with E-state index >= 15 is 0 Å². The van der Waals surface area contributed by atoms with Gasteiger partial charge in [-0.2, -0.15) is 0 Å². The van der Waals surface area contributed by atoms with Crippen LogP contribution in [0.1, 0.15) is 25.3 Å². The van der Waals surface area contributed by atoms with Gasteiger partial charge in [-0.05, 0) is 36.8 Å². The lowest BCUT2D eigenvalue weighted by Crippen LogP contribution is -2.62. The third-order valence-corrected chi connectivity index (χ3v) is 6.77. The van der Waals surface area contributed by atoms with Gasteiger partial charge in [0, 0.05) is 18.8 Å². The van der Waals surface area contributed by atoms with E-state index in [1.165, 1.54) is 11.3 Å². The highest BCUT2D eigenvalue weighted by atomic mass is 32.2. The van der Waals surface area contributed by atoms with Gasteiger partial charge in [0.2, 0.25) is 0 Å². The summed E-state index contributed by atoms with van der Waals surface area (Å²) in [5.74, 6) is 1.02. The zero-order chi connectivity index (χ0) is 15.1. The minimum absolute atomic E-state index is 0.192. The van der Waals surface area contributed by atoms with Gasteiger partial charge in [0.25, 0.3) is 0 Å². The van der Waals surface area contributed by atoms with E-state index in [1.54, 1.807) is 0 Å². The standard InChI is InChI=1S/C16H24N2O2S/c1-13-9-14-5-2-3-6-15(14)18(10-13)16(11-17)7-4-8-21(19,20)12-16/h2-3,5-6,13H,4,7-12,17H2,1H3. The summed E-state index contributed by atoms with van der Waals surface area (Å²) in [4.78, 5) is 2.30. The second-order valence-electron chi connectivity index (χ2n) is 6.67. The highest BCUT2D eigenvalue weighted by Gasteiger charge is 2.44. The van der Waals surface area contributed by atoms with Crippen molar-refractivity contribution in [2.45, 2.75) is 31.7 Å². The van der Waals surface area contributed by atoms with Gasteiger partial charge in [-0.25, -0.2) is 8.42 Å². The van der Waals surface area contributed by atoms with Gasteiger partial charge < -0.3 is 10.6 Å². The highest BCUT2D eigenvalue weighted by Crippen LogP contribution is 2.38. The van der Waals surface area contributed by atoms with Crippen molar-refractivity contribution in [3.05, 3.63) is 29.8 Å². The average Bonchev–Trinajstić information content (AvgIpc) is 2.45. The van der Waals surface area contributed by atoms with Crippen molar-refractivity contribution in [2.75, 3.05) is 29.5 Å². The van der Waals surface area contributed by atoms with E-state index < -0.39 is 15.4 Å². The molecule has 0 aromatic heterocycles. The van der Waals surface area contributed by atoms with Gasteiger partial charge in [0.15, 0.2) is 9.84 Å². The molecule has 2 heterocycles. The van der Waals surface area contributed by atoms with Gasteiger partial charge in [-0.15, -0.1) is 0 Å². The second-order valence-corrected chi connectivity index (χ2v) is 8.86. The summed E-state index contributed by atoms with van der Waals surface area (Å²) in [6.45, 7) is 3.52. The molecular weight excluding hydrogens is 284 g/mol. The molecule has 1 aromatic carbocycles. The van der Waals surface area contributed by atoms with Crippen molar-refractivity contribution in [2.24, 2.45) is 11.7 Å². The fourth-order valence-corrected chi connectivity index (χ4v) is 5.87. The summed E-state index contributed by atoms with van der Waals surface area (Å²) in [6, 6.07) is 8.35. The number of hydrogen-bond acceptors (Lipinski definition) is 4. The Labute approximate surface area is 127 Å². The summed E-state index contributed by atoms with van der Waals surface area (Å²) in [6.07, 6.45) is 2.64. The number of nitrogens with zero attached hydrogens (tertiary/aromatic N) is 1. The fourth-order valence-electron chi connectivity index (χ4n) is 3.90. The Bertz CT molecular complexity index is 629. The van der Waals surface area contributed by atoms with Crippen LogP contribution in [0.2, 0.25) is 0 Å². The molecule has 2 unspecified atom stereocenters. The van der Waals surface area contributed by atoms with Gasteiger partial charge in [0.1, 0.15) is 0 Å². The third-order valence-electron chi connectivity index (χ3n) is 4.88. The Morgan fingerprint density at radius 1 is 1.38 bits per heavy atom. The first-order valence-electron chi connectivity index (χ1n) is 7.72. The van der Waals surface area contributed by atoms with Crippen molar-refractivity contribution in [1.29, 1.82) is 0 Å². The number of fused-ring (bicyclic) bond motifs is 1. The number of sulfone groups is 1. The molecule has 0 amide bonds. The topological polar surface area (TPSA) is 63.4 Å². The third kappa shape index (κ3) is 2.69. The van der Waals surface area contributed by atoms with Crippen LogP contribution < -0.4 is 10.6 Å². The molecular formula is C16H24N2O2S. The predicted octanol–water partition coefficient (Wildman–Crippen LogP) is 1.59. The van der Waals surface area contributed by atoms with E-state index in [9.17, 15) is 8.42 Å². The Morgan fingerprint density at radius 2 is 2.14 bits per heavy atom. The minimum atomic E-state index is -2.99. The zero-order valence-corrected chi connectivity index (χ0v) is 13.4. The first-order chi connectivity index (χ1) is 9.96. The van der Waals surface area contributed by atoms with E-state index in [0.717, 1.165) is 19.4 Å². The molecule has 5 heteroatoms. The van der Waals surface area contributed by atoms with Crippen LogP contribution >= 0.6 is 0 Å². The summed E-state index contributed by atoms with van der Waals surface area (Å²) in [7, 11) is -2.99. The van der Waals surface area contributed by atoms with Gasteiger partial charge in [-0.3, -0.25) is 0 Å². The molecule has 1 saturated heterocycles. The van der Waals surface area contributed by atoms with Crippen molar-refractivity contribution in [3.8, 4) is 0 Å². The van der Waals surface area contributed by atoms with Crippen molar-refractivity contribution < 1.29 is 8.42 Å². The molecule has 0 bridgehead atoms. The maximum Gasteiger partial charge on any atom is 0.152 e. The molecule has 1 fully saturated rings. The Balaban J connectivity index is 2.05. The number of nitrogens with two attached hydrogens (primary N) is 1. The molecule has 2 aliphatic rings. The lowest BCUT2D eigenvalue weighted by Gasteiger charge is -2.50. The average molecular weight is 308 g/mol. The summed E-state index contributed by atoms with van der Waals surface area (Å²) in [5.41, 5.74) is 8.15. The molecule has 0 spiro atoms. The molecule has 0 saturated carbocycles. The lowest BCUT2D eigenvalue weighted by atomic mass is 9.86. The zero-order valence-electron chi connectivity index (χ0n) is 12.6. The number of para-hydroxylation sites is 1. The normalized spacial score (nSPS) is 31.7. The van der Waals surface area contributed by atoms with Gasteiger partial charge >= 0.3 is 0 Å². The summed E-state index contributed by atoms with van der Waals surface area (Å²) < 4.78 is 24.4. The molecule has 2 aliphatic heterocycles. The van der Waals surface area contributed by atoms with Crippen molar-refractivity contribution >= 4 is 15.5 Å². The maximum absolute atomic E-state index is 12.2. The van der Waals surface area contributed by atoms with E-state index in [2.05, 4.69) is 30.0 Å². The minimum Gasteiger partial charge on any atom is -0.363 e. The van der Waals surface area contributed by atoms with Gasteiger partial charge in [0.05, 0.1) is 17.0 Å². The first-order valence-corrected chi connectivity index (χ1v) is 9.54. The molecule has 2 atom stereocenters. The van der Waals surface area contributed by atoms with Gasteiger partial charge in [-0.1, -0.05) is 25.1 Å². The van der Waals surface area contributed by atoms with E-state index in [0.29, 0.717) is 24.6 Å². The number of anilines is 1. The predicted molar refractivity (Wildman–Crippen MR) is 86.3 cm³/mol. The SMILES string of the molecule is CC1Cc2ccccc2N(C2(CN)CCCS(=O)(=O)C2)C1. The van der Waals surface area contributed by atoms with Crippen molar-refractivity contribution in [1.82, 2.24) is 0 Å². The van der Waals surface area contributed by atoms with E-state index in [-0.39, 0.29) is 5.75 Å². The molecule has 21 heavy (non-hydrogen) atoms. The quantitative estimate of drug-likeness (QED) is 0.901. The fraction of sp³-hybridized carbons (Fsp3) is 0.625. The number of rotatable bonds is 2. The Morgan fingerprint density at radius 3 is 2.86 bits per heavy atom. The molecule has 0 aliphatic carbocycles. The van der Waals surface area contributed by atoms with Crippen LogP contribution in [0.5, 0.6) is 0 Å². The molecule has 4 nitrogen and oxygen atoms in total. The first kappa shape index (κ1) is 14.9. The van der Waals surface area contributed by atoms with E-state index in [1.807, 2.05) is 6.07 Å². The number of hydrogen-bond donors (Lipinski definition) is 1. The molecule has 1 aromatic rings. The van der Waals surface area contributed by atoms with Crippen LogP contribution in [-0.2, 0) is 16.3 Å². The summed E-state index contributed by atoms with van der Waals surface area (Å²) in [5, 5.41) is 0. The smallest absolute Gasteiger partial charge is 0.152 e. The van der Waals surface area contributed by atoms with Crippen LogP contribution in [0.3, 0.4) is 0 Å².